The second kappa shape index (κ2) is 5.89. The molecule has 4 nitrogen and oxygen atoms in total. The minimum absolute atomic E-state index is 0.172. The molecule has 4 heteroatoms. The first kappa shape index (κ1) is 14.7. The fourth-order valence-electron chi connectivity index (χ4n) is 2.96. The SMILES string of the molecule is CN(C)CCn1c(=O)c2c(c3ccccc3c1=O)CCC=C2. The number of allylic oxidation sites excluding steroid dienone is 1. The first-order valence-electron chi connectivity index (χ1n) is 7.59. The maximum atomic E-state index is 12.8. The highest BCUT2D eigenvalue weighted by atomic mass is 16.2. The largest absolute Gasteiger partial charge is 0.308 e. The average Bonchev–Trinajstić information content (AvgIpc) is 2.62. The molecule has 3 rings (SSSR count). The van der Waals surface area contributed by atoms with Crippen molar-refractivity contribution in [3.63, 3.8) is 0 Å². The van der Waals surface area contributed by atoms with E-state index in [-0.39, 0.29) is 11.1 Å². The molecule has 0 spiro atoms. The summed E-state index contributed by atoms with van der Waals surface area (Å²) < 4.78 is 1.39. The number of aryl methyl sites for hydroxylation is 1. The normalized spacial score (nSPS) is 13.6. The Morgan fingerprint density at radius 1 is 1.09 bits per heavy atom. The molecule has 0 bridgehead atoms. The highest BCUT2D eigenvalue weighted by Gasteiger charge is 2.16. The van der Waals surface area contributed by atoms with E-state index in [9.17, 15) is 9.59 Å². The lowest BCUT2D eigenvalue weighted by atomic mass is 9.96. The summed E-state index contributed by atoms with van der Waals surface area (Å²) in [5.74, 6) is 0. The number of aromatic nitrogens is 1. The molecule has 2 aromatic rings. The van der Waals surface area contributed by atoms with E-state index >= 15 is 0 Å². The molecule has 0 saturated carbocycles. The zero-order valence-electron chi connectivity index (χ0n) is 13.0. The van der Waals surface area contributed by atoms with Gasteiger partial charge in [-0.25, -0.2) is 0 Å². The third-order valence-electron chi connectivity index (χ3n) is 4.14. The van der Waals surface area contributed by atoms with Gasteiger partial charge < -0.3 is 4.90 Å². The summed E-state index contributed by atoms with van der Waals surface area (Å²) in [6.07, 6.45) is 5.61. The van der Waals surface area contributed by atoms with Crippen molar-refractivity contribution in [3.8, 4) is 0 Å². The Hall–Kier alpha value is -2.20. The number of benzene rings is 1. The van der Waals surface area contributed by atoms with Gasteiger partial charge >= 0.3 is 0 Å². The van der Waals surface area contributed by atoms with Crippen LogP contribution >= 0.6 is 0 Å². The van der Waals surface area contributed by atoms with Crippen molar-refractivity contribution in [2.45, 2.75) is 19.4 Å². The minimum atomic E-state index is -0.190. The van der Waals surface area contributed by atoms with Crippen LogP contribution in [0.5, 0.6) is 0 Å². The van der Waals surface area contributed by atoms with E-state index in [1.54, 1.807) is 0 Å². The first-order valence-corrected chi connectivity index (χ1v) is 7.59. The molecular formula is C18H20N2O2. The van der Waals surface area contributed by atoms with Gasteiger partial charge in [-0.3, -0.25) is 14.2 Å². The van der Waals surface area contributed by atoms with E-state index in [2.05, 4.69) is 0 Å². The van der Waals surface area contributed by atoms with Crippen molar-refractivity contribution in [2.75, 3.05) is 20.6 Å². The molecular weight excluding hydrogens is 276 g/mol. The zero-order chi connectivity index (χ0) is 15.7. The van der Waals surface area contributed by atoms with E-state index < -0.39 is 0 Å². The van der Waals surface area contributed by atoms with Crippen LogP contribution in [-0.2, 0) is 13.0 Å². The van der Waals surface area contributed by atoms with E-state index in [0.29, 0.717) is 24.0 Å². The van der Waals surface area contributed by atoms with Crippen LogP contribution in [0.2, 0.25) is 0 Å². The summed E-state index contributed by atoms with van der Waals surface area (Å²) in [4.78, 5) is 27.7. The summed E-state index contributed by atoms with van der Waals surface area (Å²) in [5, 5.41) is 1.54. The standard InChI is InChI=1S/C18H20N2O2/c1-19(2)11-12-20-17(21)15-9-5-3-7-13(15)14-8-4-6-10-16(14)18(20)22/h3,5-7,9-10H,4,8,11-12H2,1-2H3. The predicted octanol–water partition coefficient (Wildman–Crippen LogP) is 1.88. The summed E-state index contributed by atoms with van der Waals surface area (Å²) in [5.41, 5.74) is 1.31. The fourth-order valence-corrected chi connectivity index (χ4v) is 2.96. The van der Waals surface area contributed by atoms with Crippen molar-refractivity contribution >= 4 is 16.8 Å². The van der Waals surface area contributed by atoms with E-state index in [0.717, 1.165) is 23.8 Å². The third-order valence-corrected chi connectivity index (χ3v) is 4.14. The Labute approximate surface area is 129 Å². The number of hydrogen-bond donors (Lipinski definition) is 0. The smallest absolute Gasteiger partial charge is 0.261 e. The molecule has 0 saturated heterocycles. The van der Waals surface area contributed by atoms with Gasteiger partial charge in [0.1, 0.15) is 0 Å². The molecule has 0 fully saturated rings. The highest BCUT2D eigenvalue weighted by Crippen LogP contribution is 2.22. The Bertz CT molecular complexity index is 863. The molecule has 0 atom stereocenters. The number of likely N-dealkylation sites (N-methyl/N-ethyl adjacent to an activating group) is 1. The van der Waals surface area contributed by atoms with Crippen LogP contribution in [0.15, 0.2) is 39.9 Å². The number of rotatable bonds is 3. The van der Waals surface area contributed by atoms with Crippen LogP contribution in [0, 0.1) is 0 Å². The Balaban J connectivity index is 2.40. The molecule has 1 aliphatic carbocycles. The topological polar surface area (TPSA) is 42.3 Å². The summed E-state index contributed by atoms with van der Waals surface area (Å²) in [7, 11) is 3.87. The van der Waals surface area contributed by atoms with Gasteiger partial charge in [-0.2, -0.15) is 0 Å². The molecule has 0 amide bonds. The Morgan fingerprint density at radius 3 is 2.55 bits per heavy atom. The molecule has 1 aromatic heterocycles. The third kappa shape index (κ3) is 2.50. The van der Waals surface area contributed by atoms with Gasteiger partial charge in [0.15, 0.2) is 0 Å². The number of fused-ring (bicyclic) bond motifs is 3. The van der Waals surface area contributed by atoms with Crippen molar-refractivity contribution in [1.29, 1.82) is 0 Å². The molecule has 22 heavy (non-hydrogen) atoms. The Morgan fingerprint density at radius 2 is 1.82 bits per heavy atom. The number of nitrogens with zero attached hydrogens (tertiary/aromatic N) is 2. The van der Waals surface area contributed by atoms with Crippen LogP contribution < -0.4 is 11.1 Å². The second-order valence-electron chi connectivity index (χ2n) is 5.94. The van der Waals surface area contributed by atoms with E-state index in [1.165, 1.54) is 4.57 Å². The van der Waals surface area contributed by atoms with Crippen LogP contribution in [0.4, 0.5) is 0 Å². The van der Waals surface area contributed by atoms with Gasteiger partial charge in [-0.15, -0.1) is 0 Å². The second-order valence-corrected chi connectivity index (χ2v) is 5.94. The maximum Gasteiger partial charge on any atom is 0.261 e. The van der Waals surface area contributed by atoms with Gasteiger partial charge in [-0.05, 0) is 44.0 Å². The lowest BCUT2D eigenvalue weighted by Gasteiger charge is -2.10. The van der Waals surface area contributed by atoms with Crippen molar-refractivity contribution in [1.82, 2.24) is 9.47 Å². The van der Waals surface area contributed by atoms with Gasteiger partial charge in [-0.1, -0.05) is 30.4 Å². The lowest BCUT2D eigenvalue weighted by molar-refractivity contribution is 0.379. The quantitative estimate of drug-likeness (QED) is 0.868. The zero-order valence-corrected chi connectivity index (χ0v) is 13.0. The molecule has 0 aliphatic heterocycles. The summed E-state index contributed by atoms with van der Waals surface area (Å²) in [6.45, 7) is 1.07. The predicted molar refractivity (Wildman–Crippen MR) is 90.4 cm³/mol. The van der Waals surface area contributed by atoms with E-state index in [1.807, 2.05) is 55.4 Å². The Kier molecular flexibility index (Phi) is 3.94. The van der Waals surface area contributed by atoms with Gasteiger partial charge in [0, 0.05) is 24.0 Å². The van der Waals surface area contributed by atoms with E-state index in [4.69, 9.17) is 0 Å². The highest BCUT2D eigenvalue weighted by molar-refractivity contribution is 5.87. The van der Waals surface area contributed by atoms with Gasteiger partial charge in [0.2, 0.25) is 0 Å². The van der Waals surface area contributed by atoms with Crippen LogP contribution in [0.3, 0.4) is 0 Å². The van der Waals surface area contributed by atoms with Crippen molar-refractivity contribution in [2.24, 2.45) is 0 Å². The molecule has 114 valence electrons. The van der Waals surface area contributed by atoms with Gasteiger partial charge in [0.05, 0.1) is 0 Å². The summed E-state index contributed by atoms with van der Waals surface area (Å²) >= 11 is 0. The lowest BCUT2D eigenvalue weighted by Crippen LogP contribution is -2.35. The fraction of sp³-hybridized carbons (Fsp3) is 0.333. The van der Waals surface area contributed by atoms with Crippen LogP contribution in [0.25, 0.3) is 16.8 Å². The summed E-state index contributed by atoms with van der Waals surface area (Å²) in [6, 6.07) is 7.55. The maximum absolute atomic E-state index is 12.8. The molecule has 1 aromatic carbocycles. The van der Waals surface area contributed by atoms with Crippen LogP contribution in [-0.4, -0.2) is 30.1 Å². The monoisotopic (exact) mass is 296 g/mol. The first-order chi connectivity index (χ1) is 10.6. The van der Waals surface area contributed by atoms with Crippen LogP contribution in [0.1, 0.15) is 17.5 Å². The molecule has 1 heterocycles. The minimum Gasteiger partial charge on any atom is -0.308 e. The molecule has 1 aliphatic rings. The average molecular weight is 296 g/mol. The van der Waals surface area contributed by atoms with Crippen molar-refractivity contribution < 1.29 is 0 Å². The molecule has 0 N–H and O–H groups in total. The van der Waals surface area contributed by atoms with Crippen molar-refractivity contribution in [3.05, 3.63) is 62.2 Å². The molecule has 0 radical (unpaired) electrons. The molecule has 0 unspecified atom stereocenters. The number of hydrogen-bond acceptors (Lipinski definition) is 3. The van der Waals surface area contributed by atoms with Gasteiger partial charge in [0.25, 0.3) is 11.1 Å².